The van der Waals surface area contributed by atoms with Crippen molar-refractivity contribution in [3.8, 4) is 0 Å². The maximum Gasteiger partial charge on any atom is 0.416 e. The first-order valence-electron chi connectivity index (χ1n) is 13.2. The van der Waals surface area contributed by atoms with E-state index in [4.69, 9.17) is 0 Å². The van der Waals surface area contributed by atoms with Crippen LogP contribution in [-0.4, -0.2) is 61.5 Å². The van der Waals surface area contributed by atoms with Gasteiger partial charge in [-0.15, -0.1) is 0 Å². The third kappa shape index (κ3) is 8.90. The zero-order valence-electron chi connectivity index (χ0n) is 22.6. The third-order valence-corrected chi connectivity index (χ3v) is 6.89. The van der Waals surface area contributed by atoms with E-state index >= 15 is 0 Å². The smallest absolute Gasteiger partial charge is 0.291 e. The fraction of sp³-hybridized carbons (Fsp3) is 0.333. The van der Waals surface area contributed by atoms with Crippen molar-refractivity contribution in [1.29, 1.82) is 0 Å². The molecule has 1 saturated heterocycles. The lowest BCUT2D eigenvalue weighted by atomic mass is 10.1. The van der Waals surface area contributed by atoms with Crippen molar-refractivity contribution >= 4 is 12.4 Å². The topological polar surface area (TPSA) is 31.2 Å². The van der Waals surface area contributed by atoms with Gasteiger partial charge in [0.25, 0.3) is 0 Å². The normalized spacial score (nSPS) is 17.5. The molecule has 0 unspecified atom stereocenters. The summed E-state index contributed by atoms with van der Waals surface area (Å²) in [6.07, 6.45) is -10.8. The highest BCUT2D eigenvalue weighted by Crippen LogP contribution is 2.34. The molecule has 4 nitrogen and oxygen atoms in total. The average molecular weight is 615 g/mol. The van der Waals surface area contributed by atoms with E-state index in [1.807, 2.05) is 9.80 Å². The van der Waals surface area contributed by atoms with Crippen molar-refractivity contribution in [3.05, 3.63) is 106 Å². The van der Waals surface area contributed by atoms with Crippen LogP contribution in [0.15, 0.2) is 82.8 Å². The number of hydrogen-bond acceptors (Lipinski definition) is 4. The van der Waals surface area contributed by atoms with Crippen molar-refractivity contribution in [3.63, 3.8) is 0 Å². The Morgan fingerprint density at radius 3 is 1.19 bits per heavy atom. The minimum Gasteiger partial charge on any atom is -0.291 e. The van der Waals surface area contributed by atoms with E-state index in [9.17, 15) is 39.5 Å². The molecule has 0 radical (unpaired) electrons. The first kappa shape index (κ1) is 32.2. The molecule has 3 aromatic rings. The van der Waals surface area contributed by atoms with Crippen LogP contribution < -0.4 is 0 Å². The van der Waals surface area contributed by atoms with Crippen molar-refractivity contribution < 1.29 is 39.5 Å². The molecule has 1 heterocycles. The van der Waals surface area contributed by atoms with Crippen LogP contribution >= 0.6 is 0 Å². The molecule has 1 aliphatic heterocycles. The Balaban J connectivity index is 1.40. The lowest BCUT2D eigenvalue weighted by molar-refractivity contribution is -0.138. The van der Waals surface area contributed by atoms with Crippen LogP contribution in [-0.2, 0) is 18.5 Å². The van der Waals surface area contributed by atoms with Crippen LogP contribution in [0.3, 0.4) is 0 Å². The van der Waals surface area contributed by atoms with Gasteiger partial charge < -0.3 is 0 Å². The van der Waals surface area contributed by atoms with E-state index in [1.165, 1.54) is 48.8 Å². The molecule has 43 heavy (non-hydrogen) atoms. The number of benzene rings is 3. The zero-order chi connectivity index (χ0) is 31.3. The number of nitrogens with zero attached hydrogens (tertiary/aromatic N) is 4. The lowest BCUT2D eigenvalue weighted by Gasteiger charge is -2.30. The average Bonchev–Trinajstić information content (AvgIpc) is 3.35. The molecule has 0 atom stereocenters. The molecule has 3 aromatic carbocycles. The summed E-state index contributed by atoms with van der Waals surface area (Å²) in [5, 5.41) is 0. The molecular weight excluding hydrogens is 587 g/mol. The predicted octanol–water partition coefficient (Wildman–Crippen LogP) is 7.60. The van der Waals surface area contributed by atoms with E-state index in [0.29, 0.717) is 56.0 Å². The molecule has 13 heteroatoms. The molecule has 0 saturated carbocycles. The molecule has 0 aliphatic carbocycles. The van der Waals surface area contributed by atoms with Crippen molar-refractivity contribution in [1.82, 2.24) is 9.80 Å². The highest BCUT2D eigenvalue weighted by atomic mass is 19.4. The monoisotopic (exact) mass is 614 g/mol. The van der Waals surface area contributed by atoms with Crippen LogP contribution in [0.1, 0.15) is 39.5 Å². The van der Waals surface area contributed by atoms with Gasteiger partial charge in [-0.25, -0.2) is 0 Å². The predicted molar refractivity (Wildman–Crippen MR) is 145 cm³/mol. The first-order chi connectivity index (χ1) is 20.2. The largest absolute Gasteiger partial charge is 0.416 e. The standard InChI is InChI=1S/C30H27F9N4/c31-28(32,33)24-7-1-21(2-8-24)19-40-13-15-42-17-18-43(27(42)23-5-11-26(12-6-23)30(37,38)39)16-14-41-20-22-3-9-25(10-4-22)29(34,35)36/h1-12,19-20,27H,13-18H2. The van der Waals surface area contributed by atoms with E-state index in [0.717, 1.165) is 36.4 Å². The van der Waals surface area contributed by atoms with E-state index < -0.39 is 35.2 Å². The summed E-state index contributed by atoms with van der Waals surface area (Å²) in [7, 11) is 0. The molecule has 0 N–H and O–H groups in total. The van der Waals surface area contributed by atoms with Crippen molar-refractivity contribution in [2.24, 2.45) is 9.98 Å². The maximum absolute atomic E-state index is 13.1. The Morgan fingerprint density at radius 2 is 0.860 bits per heavy atom. The second-order valence-corrected chi connectivity index (χ2v) is 9.88. The van der Waals surface area contributed by atoms with Gasteiger partial charge in [-0.2, -0.15) is 39.5 Å². The number of halogens is 9. The molecule has 0 amide bonds. The van der Waals surface area contributed by atoms with Gasteiger partial charge in [0.2, 0.25) is 0 Å². The second kappa shape index (κ2) is 13.3. The van der Waals surface area contributed by atoms with Crippen LogP contribution in [0.4, 0.5) is 39.5 Å². The van der Waals surface area contributed by atoms with Crippen LogP contribution in [0.2, 0.25) is 0 Å². The van der Waals surface area contributed by atoms with Crippen molar-refractivity contribution in [2.45, 2.75) is 24.7 Å². The van der Waals surface area contributed by atoms with Gasteiger partial charge >= 0.3 is 18.5 Å². The quantitative estimate of drug-likeness (QED) is 0.184. The van der Waals surface area contributed by atoms with E-state index in [1.54, 1.807) is 0 Å². The molecule has 1 aliphatic rings. The van der Waals surface area contributed by atoms with E-state index in [2.05, 4.69) is 9.98 Å². The molecule has 0 spiro atoms. The Hall–Kier alpha value is -3.71. The first-order valence-corrected chi connectivity index (χ1v) is 13.2. The summed E-state index contributed by atoms with van der Waals surface area (Å²) < 4.78 is 116. The Labute approximate surface area is 242 Å². The van der Waals surface area contributed by atoms with Gasteiger partial charge in [0.1, 0.15) is 0 Å². The molecule has 230 valence electrons. The minimum atomic E-state index is -4.48. The summed E-state index contributed by atoms with van der Waals surface area (Å²) in [5.41, 5.74) is -0.643. The van der Waals surface area contributed by atoms with Crippen LogP contribution in [0.25, 0.3) is 0 Å². The summed E-state index contributed by atoms with van der Waals surface area (Å²) >= 11 is 0. The summed E-state index contributed by atoms with van der Waals surface area (Å²) in [6, 6.07) is 14.1. The fourth-order valence-corrected chi connectivity index (χ4v) is 4.70. The van der Waals surface area contributed by atoms with Gasteiger partial charge in [0.15, 0.2) is 0 Å². The fourth-order valence-electron chi connectivity index (χ4n) is 4.70. The van der Waals surface area contributed by atoms with E-state index in [-0.39, 0.29) is 6.17 Å². The Kier molecular flexibility index (Phi) is 9.96. The Morgan fingerprint density at radius 1 is 0.535 bits per heavy atom. The van der Waals surface area contributed by atoms with Gasteiger partial charge in [-0.3, -0.25) is 19.8 Å². The molecular formula is C30H27F9N4. The van der Waals surface area contributed by atoms with Crippen LogP contribution in [0, 0.1) is 0 Å². The second-order valence-electron chi connectivity index (χ2n) is 9.88. The van der Waals surface area contributed by atoms with Crippen molar-refractivity contribution in [2.75, 3.05) is 39.3 Å². The molecule has 1 fully saturated rings. The zero-order valence-corrected chi connectivity index (χ0v) is 22.6. The highest BCUT2D eigenvalue weighted by molar-refractivity contribution is 5.80. The van der Waals surface area contributed by atoms with Gasteiger partial charge in [0, 0.05) is 38.6 Å². The minimum absolute atomic E-state index is 0.304. The molecule has 0 aromatic heterocycles. The SMILES string of the molecule is FC(F)(F)c1ccc(C=NCCN2CCN(CCN=Cc3ccc(C(F)(F)F)cc3)C2c2ccc(C(F)(F)F)cc2)cc1. The molecule has 4 rings (SSSR count). The number of aliphatic imine (C=N–C) groups is 2. The highest BCUT2D eigenvalue weighted by Gasteiger charge is 2.35. The number of rotatable bonds is 9. The summed E-state index contributed by atoms with van der Waals surface area (Å²) in [6.45, 7) is 2.66. The van der Waals surface area contributed by atoms with Crippen LogP contribution in [0.5, 0.6) is 0 Å². The third-order valence-electron chi connectivity index (χ3n) is 6.89. The summed E-state index contributed by atoms with van der Waals surface area (Å²) in [4.78, 5) is 12.7. The van der Waals surface area contributed by atoms with Gasteiger partial charge in [0.05, 0.1) is 35.9 Å². The molecule has 0 bridgehead atoms. The van der Waals surface area contributed by atoms with Gasteiger partial charge in [-0.1, -0.05) is 36.4 Å². The Bertz CT molecular complexity index is 1300. The lowest BCUT2D eigenvalue weighted by Crippen LogP contribution is -2.33. The maximum atomic E-state index is 13.1. The summed E-state index contributed by atoms with van der Waals surface area (Å²) in [5.74, 6) is 0. The number of alkyl halides is 9. The van der Waals surface area contributed by atoms with Gasteiger partial charge in [-0.05, 0) is 53.1 Å². The number of hydrogen-bond donors (Lipinski definition) is 0.